The molecule has 1 aliphatic rings. The van der Waals surface area contributed by atoms with Gasteiger partial charge in [-0.25, -0.2) is 0 Å². The lowest BCUT2D eigenvalue weighted by atomic mass is 10.1. The smallest absolute Gasteiger partial charge is 0.290 e. The SMILES string of the molecule is Cc1c(C(=O)N(C2CC2)C(C)c2ccco2)oc2ccc(Br)cc12. The minimum absolute atomic E-state index is 0.0637. The van der Waals surface area contributed by atoms with E-state index >= 15 is 0 Å². The molecule has 4 rings (SSSR count). The molecule has 1 unspecified atom stereocenters. The predicted octanol–water partition coefficient (Wildman–Crippen LogP) is 5.46. The molecule has 1 atom stereocenters. The number of fused-ring (bicyclic) bond motifs is 1. The molecule has 1 aliphatic carbocycles. The van der Waals surface area contributed by atoms with Crippen LogP contribution in [0.3, 0.4) is 0 Å². The summed E-state index contributed by atoms with van der Waals surface area (Å²) in [7, 11) is 0. The van der Waals surface area contributed by atoms with Crippen molar-refractivity contribution in [2.24, 2.45) is 0 Å². The standard InChI is InChI=1S/C19H18BrNO3/c1-11-15-10-13(20)5-8-17(15)24-18(11)19(22)21(14-6-7-14)12(2)16-4-3-9-23-16/h3-5,8-10,12,14H,6-7H2,1-2H3. The van der Waals surface area contributed by atoms with Crippen molar-refractivity contribution >= 4 is 32.8 Å². The predicted molar refractivity (Wildman–Crippen MR) is 95.0 cm³/mol. The minimum Gasteiger partial charge on any atom is -0.467 e. The fraction of sp³-hybridized carbons (Fsp3) is 0.316. The Morgan fingerprint density at radius 1 is 1.33 bits per heavy atom. The number of nitrogens with zero attached hydrogens (tertiary/aromatic N) is 1. The molecule has 4 nitrogen and oxygen atoms in total. The molecule has 2 aromatic heterocycles. The highest BCUT2D eigenvalue weighted by atomic mass is 79.9. The van der Waals surface area contributed by atoms with Crippen molar-refractivity contribution in [1.29, 1.82) is 0 Å². The number of benzene rings is 1. The fourth-order valence-electron chi connectivity index (χ4n) is 3.19. The van der Waals surface area contributed by atoms with Crippen LogP contribution in [0.25, 0.3) is 11.0 Å². The molecule has 0 aliphatic heterocycles. The van der Waals surface area contributed by atoms with Gasteiger partial charge in [0.15, 0.2) is 5.76 Å². The molecule has 0 saturated heterocycles. The first-order chi connectivity index (χ1) is 11.6. The highest BCUT2D eigenvalue weighted by Crippen LogP contribution is 2.37. The number of hydrogen-bond acceptors (Lipinski definition) is 3. The van der Waals surface area contributed by atoms with E-state index in [1.54, 1.807) is 6.26 Å². The number of aryl methyl sites for hydroxylation is 1. The average molecular weight is 388 g/mol. The Balaban J connectivity index is 1.74. The maximum absolute atomic E-state index is 13.2. The van der Waals surface area contributed by atoms with Crippen molar-refractivity contribution in [1.82, 2.24) is 4.90 Å². The number of halogens is 1. The van der Waals surface area contributed by atoms with E-state index in [0.29, 0.717) is 5.76 Å². The van der Waals surface area contributed by atoms with Gasteiger partial charge in [-0.05, 0) is 57.0 Å². The van der Waals surface area contributed by atoms with Gasteiger partial charge in [0.1, 0.15) is 11.3 Å². The van der Waals surface area contributed by atoms with Gasteiger partial charge in [-0.15, -0.1) is 0 Å². The van der Waals surface area contributed by atoms with Gasteiger partial charge in [-0.1, -0.05) is 15.9 Å². The summed E-state index contributed by atoms with van der Waals surface area (Å²) in [5.74, 6) is 1.16. The van der Waals surface area contributed by atoms with Crippen LogP contribution in [0, 0.1) is 6.92 Å². The molecule has 1 aromatic carbocycles. The van der Waals surface area contributed by atoms with Crippen LogP contribution in [0.2, 0.25) is 0 Å². The summed E-state index contributed by atoms with van der Waals surface area (Å²) in [6.07, 6.45) is 3.70. The third-order valence-corrected chi connectivity index (χ3v) is 5.13. The van der Waals surface area contributed by atoms with Crippen LogP contribution in [0.15, 0.2) is 49.9 Å². The second-order valence-electron chi connectivity index (χ2n) is 6.33. The Labute approximate surface area is 148 Å². The average Bonchev–Trinajstić information content (AvgIpc) is 3.13. The molecule has 1 amide bonds. The number of amides is 1. The number of hydrogen-bond donors (Lipinski definition) is 0. The second-order valence-corrected chi connectivity index (χ2v) is 7.25. The molecular formula is C19H18BrNO3. The van der Waals surface area contributed by atoms with Gasteiger partial charge in [0.05, 0.1) is 12.3 Å². The van der Waals surface area contributed by atoms with Crippen molar-refractivity contribution in [3.63, 3.8) is 0 Å². The molecule has 24 heavy (non-hydrogen) atoms. The van der Waals surface area contributed by atoms with E-state index in [-0.39, 0.29) is 18.0 Å². The van der Waals surface area contributed by atoms with Crippen LogP contribution in [-0.4, -0.2) is 16.8 Å². The van der Waals surface area contributed by atoms with Crippen LogP contribution >= 0.6 is 15.9 Å². The maximum Gasteiger partial charge on any atom is 0.290 e. The van der Waals surface area contributed by atoms with E-state index in [2.05, 4.69) is 15.9 Å². The van der Waals surface area contributed by atoms with Crippen molar-refractivity contribution in [2.75, 3.05) is 0 Å². The molecular weight excluding hydrogens is 370 g/mol. The zero-order valence-corrected chi connectivity index (χ0v) is 15.2. The summed E-state index contributed by atoms with van der Waals surface area (Å²) in [4.78, 5) is 15.1. The molecule has 0 bridgehead atoms. The van der Waals surface area contributed by atoms with Crippen molar-refractivity contribution in [3.05, 3.63) is 58.2 Å². The molecule has 5 heteroatoms. The molecule has 124 valence electrons. The van der Waals surface area contributed by atoms with Gasteiger partial charge in [-0.3, -0.25) is 4.79 Å². The van der Waals surface area contributed by atoms with Crippen LogP contribution in [0.5, 0.6) is 0 Å². The highest BCUT2D eigenvalue weighted by molar-refractivity contribution is 9.10. The lowest BCUT2D eigenvalue weighted by Gasteiger charge is -2.27. The van der Waals surface area contributed by atoms with Gasteiger partial charge >= 0.3 is 0 Å². The third kappa shape index (κ3) is 2.57. The number of furan rings is 2. The number of carbonyl (C=O) groups excluding carboxylic acids is 1. The van der Waals surface area contributed by atoms with E-state index in [1.165, 1.54) is 0 Å². The molecule has 1 fully saturated rings. The fourth-order valence-corrected chi connectivity index (χ4v) is 3.55. The monoisotopic (exact) mass is 387 g/mol. The zero-order valence-electron chi connectivity index (χ0n) is 13.6. The van der Waals surface area contributed by atoms with E-state index in [9.17, 15) is 4.79 Å². The van der Waals surface area contributed by atoms with Crippen molar-refractivity contribution in [3.8, 4) is 0 Å². The zero-order chi connectivity index (χ0) is 16.8. The lowest BCUT2D eigenvalue weighted by molar-refractivity contribution is 0.0621. The highest BCUT2D eigenvalue weighted by Gasteiger charge is 2.39. The Morgan fingerprint density at radius 3 is 2.79 bits per heavy atom. The Bertz CT molecular complexity index is 893. The molecule has 0 spiro atoms. The van der Waals surface area contributed by atoms with E-state index in [0.717, 1.165) is 39.6 Å². The van der Waals surface area contributed by atoms with Gasteiger partial charge in [-0.2, -0.15) is 0 Å². The summed E-state index contributed by atoms with van der Waals surface area (Å²) < 4.78 is 12.4. The summed E-state index contributed by atoms with van der Waals surface area (Å²) in [5, 5.41) is 0.967. The van der Waals surface area contributed by atoms with Crippen molar-refractivity contribution in [2.45, 2.75) is 38.8 Å². The van der Waals surface area contributed by atoms with E-state index < -0.39 is 0 Å². The summed E-state index contributed by atoms with van der Waals surface area (Å²) in [6.45, 7) is 3.94. The van der Waals surface area contributed by atoms with Gasteiger partial charge in [0.25, 0.3) is 5.91 Å². The normalized spacial score (nSPS) is 15.6. The molecule has 2 heterocycles. The largest absolute Gasteiger partial charge is 0.467 e. The number of carbonyl (C=O) groups is 1. The first-order valence-corrected chi connectivity index (χ1v) is 8.90. The number of rotatable bonds is 4. The Hall–Kier alpha value is -2.01. The van der Waals surface area contributed by atoms with E-state index in [4.69, 9.17) is 8.83 Å². The molecule has 0 N–H and O–H groups in total. The molecule has 1 saturated carbocycles. The Kier molecular flexibility index (Phi) is 3.76. The van der Waals surface area contributed by atoms with Gasteiger partial charge in [0, 0.05) is 21.5 Å². The maximum atomic E-state index is 13.2. The summed E-state index contributed by atoms with van der Waals surface area (Å²) in [6, 6.07) is 9.71. The van der Waals surface area contributed by atoms with Gasteiger partial charge in [0.2, 0.25) is 0 Å². The molecule has 0 radical (unpaired) electrons. The first kappa shape index (κ1) is 15.5. The van der Waals surface area contributed by atoms with Gasteiger partial charge < -0.3 is 13.7 Å². The third-order valence-electron chi connectivity index (χ3n) is 4.64. The topological polar surface area (TPSA) is 46.6 Å². The lowest BCUT2D eigenvalue weighted by Crippen LogP contribution is -2.35. The van der Waals surface area contributed by atoms with Crippen LogP contribution in [-0.2, 0) is 0 Å². The summed E-state index contributed by atoms with van der Waals surface area (Å²) >= 11 is 3.47. The summed E-state index contributed by atoms with van der Waals surface area (Å²) in [5.41, 5.74) is 1.62. The van der Waals surface area contributed by atoms with Crippen LogP contribution in [0.1, 0.15) is 47.7 Å². The van der Waals surface area contributed by atoms with E-state index in [1.807, 2.05) is 49.1 Å². The van der Waals surface area contributed by atoms with Crippen LogP contribution < -0.4 is 0 Å². The Morgan fingerprint density at radius 2 is 2.12 bits per heavy atom. The van der Waals surface area contributed by atoms with Crippen LogP contribution in [0.4, 0.5) is 0 Å². The first-order valence-electron chi connectivity index (χ1n) is 8.11. The quantitative estimate of drug-likeness (QED) is 0.596. The van der Waals surface area contributed by atoms with Crippen molar-refractivity contribution < 1.29 is 13.6 Å². The minimum atomic E-state index is -0.112. The second kappa shape index (κ2) is 5.81. The molecule has 3 aromatic rings.